The fraction of sp³-hybridized carbons (Fsp3) is 0.150. The second-order valence-electron chi connectivity index (χ2n) is 5.73. The van der Waals surface area contributed by atoms with Gasteiger partial charge in [-0.3, -0.25) is 9.36 Å². The minimum Gasteiger partial charge on any atom is -0.350 e. The molecule has 0 saturated heterocycles. The molecule has 0 atom stereocenters. The van der Waals surface area contributed by atoms with Crippen molar-refractivity contribution in [3.05, 3.63) is 82.4 Å². The van der Waals surface area contributed by atoms with Crippen molar-refractivity contribution in [3.63, 3.8) is 0 Å². The summed E-state index contributed by atoms with van der Waals surface area (Å²) in [7, 11) is 0. The first-order chi connectivity index (χ1) is 13.2. The molecule has 1 aromatic heterocycles. The van der Waals surface area contributed by atoms with Crippen molar-refractivity contribution in [3.8, 4) is 11.8 Å². The summed E-state index contributed by atoms with van der Waals surface area (Å²) in [5, 5.41) is 12.0. The number of imidazole rings is 1. The van der Waals surface area contributed by atoms with Gasteiger partial charge in [-0.25, -0.2) is 0 Å². The molecule has 27 heavy (non-hydrogen) atoms. The fourth-order valence-electron chi connectivity index (χ4n) is 2.63. The van der Waals surface area contributed by atoms with Crippen LogP contribution in [0.3, 0.4) is 0 Å². The van der Waals surface area contributed by atoms with Gasteiger partial charge < -0.3 is 10.3 Å². The van der Waals surface area contributed by atoms with Crippen LogP contribution in [0.15, 0.2) is 60.8 Å². The Kier molecular flexibility index (Phi) is 6.47. The Morgan fingerprint density at radius 2 is 1.93 bits per heavy atom. The topological polar surface area (TPSA) is 73.6 Å². The van der Waals surface area contributed by atoms with Crippen LogP contribution < -0.4 is 5.32 Å². The molecule has 3 rings (SSSR count). The highest BCUT2D eigenvalue weighted by Gasteiger charge is 2.13. The second kappa shape index (κ2) is 9.21. The summed E-state index contributed by atoms with van der Waals surface area (Å²) in [6.45, 7) is 0.533. The van der Waals surface area contributed by atoms with Crippen molar-refractivity contribution < 1.29 is 4.79 Å². The summed E-state index contributed by atoms with van der Waals surface area (Å²) in [5.41, 5.74) is 3.03. The maximum atomic E-state index is 12.5. The zero-order valence-electron chi connectivity index (χ0n) is 14.5. The molecule has 0 fully saturated rings. The van der Waals surface area contributed by atoms with E-state index in [9.17, 15) is 4.79 Å². The number of rotatable bonds is 7. The lowest BCUT2D eigenvalue weighted by molar-refractivity contribution is 0.0949. The Labute approximate surface area is 167 Å². The van der Waals surface area contributed by atoms with Crippen LogP contribution in [0, 0.1) is 16.1 Å². The number of hydrogen-bond acceptors (Lipinski definition) is 4. The number of hydrogen-bond donors (Lipinski definition) is 2. The molecule has 1 heterocycles. The summed E-state index contributed by atoms with van der Waals surface area (Å²) >= 11 is 6.98. The molecule has 2 aromatic carbocycles. The van der Waals surface area contributed by atoms with Crippen molar-refractivity contribution in [2.75, 3.05) is 12.3 Å². The molecule has 0 aliphatic carbocycles. The van der Waals surface area contributed by atoms with E-state index in [0.29, 0.717) is 22.6 Å². The maximum absolute atomic E-state index is 12.5. The van der Waals surface area contributed by atoms with E-state index in [-0.39, 0.29) is 5.91 Å². The number of benzene rings is 2. The van der Waals surface area contributed by atoms with Crippen molar-refractivity contribution in [2.45, 2.75) is 5.75 Å². The minimum atomic E-state index is -0.177. The zero-order valence-corrected chi connectivity index (χ0v) is 16.1. The van der Waals surface area contributed by atoms with Gasteiger partial charge in [-0.05, 0) is 36.0 Å². The van der Waals surface area contributed by atoms with Crippen LogP contribution in [-0.4, -0.2) is 27.8 Å². The summed E-state index contributed by atoms with van der Waals surface area (Å²) in [5.74, 6) is 1.32. The number of amides is 1. The van der Waals surface area contributed by atoms with Crippen LogP contribution >= 0.6 is 24.0 Å². The molecule has 1 amide bonds. The molecule has 7 heteroatoms. The average molecular weight is 395 g/mol. The van der Waals surface area contributed by atoms with E-state index in [0.717, 1.165) is 22.8 Å². The summed E-state index contributed by atoms with van der Waals surface area (Å²) in [6, 6.07) is 19.3. The van der Waals surface area contributed by atoms with E-state index < -0.39 is 0 Å². The van der Waals surface area contributed by atoms with Gasteiger partial charge in [0.2, 0.25) is 0 Å². The Morgan fingerprint density at radius 3 is 2.70 bits per heavy atom. The number of aromatic nitrogens is 2. The number of H-pyrrole nitrogens is 1. The Balaban J connectivity index is 1.55. The number of carbonyl (C=O) groups is 1. The summed E-state index contributed by atoms with van der Waals surface area (Å²) < 4.78 is 2.20. The van der Waals surface area contributed by atoms with Crippen molar-refractivity contribution in [1.82, 2.24) is 14.9 Å². The van der Waals surface area contributed by atoms with Crippen LogP contribution in [0.5, 0.6) is 0 Å². The molecule has 0 spiro atoms. The smallest absolute Gasteiger partial charge is 0.269 e. The zero-order chi connectivity index (χ0) is 19.1. The first kappa shape index (κ1) is 19.0. The molecule has 136 valence electrons. The van der Waals surface area contributed by atoms with E-state index in [4.69, 9.17) is 17.5 Å². The largest absolute Gasteiger partial charge is 0.350 e. The molecule has 0 aliphatic rings. The van der Waals surface area contributed by atoms with Gasteiger partial charge in [-0.1, -0.05) is 36.4 Å². The van der Waals surface area contributed by atoms with Gasteiger partial charge in [0, 0.05) is 29.9 Å². The molecular weight excluding hydrogens is 376 g/mol. The molecule has 0 saturated carbocycles. The first-order valence-corrected chi connectivity index (χ1v) is 9.97. The molecule has 0 aliphatic heterocycles. The molecule has 0 radical (unpaired) electrons. The minimum absolute atomic E-state index is 0.177. The third kappa shape index (κ3) is 4.67. The highest BCUT2D eigenvalue weighted by atomic mass is 32.2. The number of nitriles is 1. The molecule has 0 bridgehead atoms. The van der Waals surface area contributed by atoms with Crippen LogP contribution in [0.25, 0.3) is 5.69 Å². The number of nitrogens with zero attached hydrogens (tertiary/aromatic N) is 2. The normalized spacial score (nSPS) is 10.3. The molecule has 3 aromatic rings. The lowest BCUT2D eigenvalue weighted by Crippen LogP contribution is -2.27. The van der Waals surface area contributed by atoms with Crippen molar-refractivity contribution in [2.24, 2.45) is 0 Å². The van der Waals surface area contributed by atoms with Crippen LogP contribution in [-0.2, 0) is 5.75 Å². The average Bonchev–Trinajstić information content (AvgIpc) is 3.10. The third-order valence-corrected chi connectivity index (χ3v) is 5.26. The standard InChI is InChI=1S/C20H18N4OS2/c21-12-15-6-4-5-7-16(15)14-27-11-10-22-19(25)18-13-23-20(26)24(18)17-8-2-1-3-9-17/h1-9,13H,10-11,14H2,(H,22,25)(H,23,26). The van der Waals surface area contributed by atoms with E-state index >= 15 is 0 Å². The van der Waals surface area contributed by atoms with Crippen molar-refractivity contribution >= 4 is 29.9 Å². The number of carbonyl (C=O) groups excluding carboxylic acids is 1. The summed E-state index contributed by atoms with van der Waals surface area (Å²) in [6.07, 6.45) is 1.63. The maximum Gasteiger partial charge on any atom is 0.269 e. The first-order valence-electron chi connectivity index (χ1n) is 8.40. The number of para-hydroxylation sites is 1. The quantitative estimate of drug-likeness (QED) is 0.468. The lowest BCUT2D eigenvalue weighted by atomic mass is 10.1. The van der Waals surface area contributed by atoms with Gasteiger partial charge in [0.05, 0.1) is 11.6 Å². The van der Waals surface area contributed by atoms with Crippen LogP contribution in [0.2, 0.25) is 0 Å². The van der Waals surface area contributed by atoms with Gasteiger partial charge in [0.15, 0.2) is 4.77 Å². The van der Waals surface area contributed by atoms with Crippen LogP contribution in [0.4, 0.5) is 0 Å². The SMILES string of the molecule is N#Cc1ccccc1CSCCNC(=O)c1c[nH]c(=S)n1-c1ccccc1. The van der Waals surface area contributed by atoms with Gasteiger partial charge >= 0.3 is 0 Å². The molecule has 2 N–H and O–H groups in total. The highest BCUT2D eigenvalue weighted by molar-refractivity contribution is 7.98. The van der Waals surface area contributed by atoms with Gasteiger partial charge in [0.25, 0.3) is 5.91 Å². The van der Waals surface area contributed by atoms with Crippen molar-refractivity contribution in [1.29, 1.82) is 5.26 Å². The van der Waals surface area contributed by atoms with Gasteiger partial charge in [-0.2, -0.15) is 17.0 Å². The lowest BCUT2D eigenvalue weighted by Gasteiger charge is -2.09. The van der Waals surface area contributed by atoms with Crippen LogP contribution in [0.1, 0.15) is 21.6 Å². The monoisotopic (exact) mass is 394 g/mol. The van der Waals surface area contributed by atoms with E-state index in [1.807, 2.05) is 54.6 Å². The predicted molar refractivity (Wildman–Crippen MR) is 111 cm³/mol. The molecular formula is C20H18N4OS2. The van der Waals surface area contributed by atoms with E-state index in [1.165, 1.54) is 0 Å². The molecule has 0 unspecified atom stereocenters. The van der Waals surface area contributed by atoms with E-state index in [2.05, 4.69) is 16.4 Å². The Hall–Kier alpha value is -2.82. The highest BCUT2D eigenvalue weighted by Crippen LogP contribution is 2.16. The number of aromatic amines is 1. The Morgan fingerprint density at radius 1 is 1.19 bits per heavy atom. The predicted octanol–water partition coefficient (Wildman–Crippen LogP) is 4.07. The third-order valence-electron chi connectivity index (χ3n) is 3.95. The Bertz CT molecular complexity index is 1020. The fourth-order valence-corrected chi connectivity index (χ4v) is 3.76. The molecule has 5 nitrogen and oxygen atoms in total. The van der Waals surface area contributed by atoms with Gasteiger partial charge in [0.1, 0.15) is 5.69 Å². The number of thioether (sulfide) groups is 1. The van der Waals surface area contributed by atoms with E-state index in [1.54, 1.807) is 22.5 Å². The summed E-state index contributed by atoms with van der Waals surface area (Å²) in [4.78, 5) is 15.5. The second-order valence-corrected chi connectivity index (χ2v) is 7.22. The number of nitrogens with one attached hydrogen (secondary N) is 2. The van der Waals surface area contributed by atoms with Gasteiger partial charge in [-0.15, -0.1) is 0 Å².